The van der Waals surface area contributed by atoms with E-state index in [1.54, 1.807) is 17.0 Å². The summed E-state index contributed by atoms with van der Waals surface area (Å²) in [7, 11) is 0. The summed E-state index contributed by atoms with van der Waals surface area (Å²) in [5.41, 5.74) is 4.43. The number of hydrogen-bond donors (Lipinski definition) is 1. The molecule has 0 saturated heterocycles. The number of aromatic nitrogens is 5. The zero-order valence-electron chi connectivity index (χ0n) is 15.2. The molecule has 0 radical (unpaired) electrons. The molecule has 1 unspecified atom stereocenters. The quantitative estimate of drug-likeness (QED) is 0.524. The Balaban J connectivity index is 1.67. The lowest BCUT2D eigenvalue weighted by Crippen LogP contribution is -2.21. The molecule has 28 heavy (non-hydrogen) atoms. The lowest BCUT2D eigenvalue weighted by atomic mass is 10.1. The SMILES string of the molecule is CC(c1ccccc1)n1c(=O)[nH]c2ncc(-c3ccc4ncccc4c3)nc21. The van der Waals surface area contributed by atoms with E-state index in [1.165, 1.54) is 0 Å². The summed E-state index contributed by atoms with van der Waals surface area (Å²) in [6.45, 7) is 1.99. The third kappa shape index (κ3) is 2.66. The number of fused-ring (bicyclic) bond motifs is 2. The van der Waals surface area contributed by atoms with Crippen molar-refractivity contribution in [1.29, 1.82) is 0 Å². The highest BCUT2D eigenvalue weighted by Gasteiger charge is 2.17. The Kier molecular flexibility index (Phi) is 3.76. The van der Waals surface area contributed by atoms with Gasteiger partial charge >= 0.3 is 5.69 Å². The van der Waals surface area contributed by atoms with E-state index in [0.29, 0.717) is 17.0 Å². The highest BCUT2D eigenvalue weighted by atomic mass is 16.1. The van der Waals surface area contributed by atoms with E-state index in [0.717, 1.165) is 22.0 Å². The van der Waals surface area contributed by atoms with Gasteiger partial charge < -0.3 is 0 Å². The van der Waals surface area contributed by atoms with Crippen molar-refractivity contribution in [2.45, 2.75) is 13.0 Å². The predicted molar refractivity (Wildman–Crippen MR) is 109 cm³/mol. The van der Waals surface area contributed by atoms with Crippen molar-refractivity contribution >= 4 is 22.2 Å². The number of imidazole rings is 1. The van der Waals surface area contributed by atoms with Crippen LogP contribution in [0, 0.1) is 0 Å². The van der Waals surface area contributed by atoms with E-state index in [4.69, 9.17) is 4.98 Å². The normalized spacial score (nSPS) is 12.5. The van der Waals surface area contributed by atoms with Gasteiger partial charge in [-0.3, -0.25) is 14.5 Å². The van der Waals surface area contributed by atoms with Crippen molar-refractivity contribution in [3.8, 4) is 11.3 Å². The highest BCUT2D eigenvalue weighted by molar-refractivity contribution is 5.84. The molecule has 0 aliphatic carbocycles. The number of nitrogens with one attached hydrogen (secondary N) is 1. The summed E-state index contributed by atoms with van der Waals surface area (Å²) in [5.74, 6) is 0. The minimum absolute atomic E-state index is 0.159. The van der Waals surface area contributed by atoms with Crippen LogP contribution in [0.2, 0.25) is 0 Å². The first-order chi connectivity index (χ1) is 13.7. The maximum atomic E-state index is 12.6. The van der Waals surface area contributed by atoms with E-state index < -0.39 is 0 Å². The average molecular weight is 367 g/mol. The lowest BCUT2D eigenvalue weighted by Gasteiger charge is -2.13. The molecular weight excluding hydrogens is 350 g/mol. The Hall–Kier alpha value is -3.80. The van der Waals surface area contributed by atoms with Crippen molar-refractivity contribution in [2.75, 3.05) is 0 Å². The lowest BCUT2D eigenvalue weighted by molar-refractivity contribution is 0.631. The fraction of sp³-hybridized carbons (Fsp3) is 0.0909. The van der Waals surface area contributed by atoms with Gasteiger partial charge in [-0.25, -0.2) is 14.8 Å². The number of H-pyrrole nitrogens is 1. The van der Waals surface area contributed by atoms with Gasteiger partial charge in [0.2, 0.25) is 0 Å². The maximum Gasteiger partial charge on any atom is 0.329 e. The van der Waals surface area contributed by atoms with Crippen LogP contribution in [0.5, 0.6) is 0 Å². The van der Waals surface area contributed by atoms with Crippen LogP contribution in [-0.2, 0) is 0 Å². The summed E-state index contributed by atoms with van der Waals surface area (Å²) < 4.78 is 1.66. The molecule has 3 heterocycles. The van der Waals surface area contributed by atoms with Gasteiger partial charge in [0.15, 0.2) is 11.3 Å². The minimum Gasteiger partial charge on any atom is -0.289 e. The smallest absolute Gasteiger partial charge is 0.289 e. The Labute approximate surface area is 160 Å². The molecule has 2 aromatic carbocycles. The van der Waals surface area contributed by atoms with Gasteiger partial charge in [-0.05, 0) is 30.7 Å². The van der Waals surface area contributed by atoms with Gasteiger partial charge in [0.25, 0.3) is 0 Å². The van der Waals surface area contributed by atoms with Gasteiger partial charge in [0.05, 0.1) is 23.4 Å². The van der Waals surface area contributed by atoms with Crippen LogP contribution in [-0.4, -0.2) is 24.5 Å². The zero-order valence-corrected chi connectivity index (χ0v) is 15.2. The van der Waals surface area contributed by atoms with Crippen LogP contribution in [0.3, 0.4) is 0 Å². The number of hydrogen-bond acceptors (Lipinski definition) is 4. The molecule has 0 spiro atoms. The standard InChI is InChI=1S/C22H17N5O/c1-14(15-6-3-2-4-7-15)27-21-20(26-22(27)28)24-13-19(25-21)17-9-10-18-16(12-17)8-5-11-23-18/h2-14H,1H3,(H,24,26,28). The van der Waals surface area contributed by atoms with Crippen molar-refractivity contribution in [2.24, 2.45) is 0 Å². The van der Waals surface area contributed by atoms with Crippen LogP contribution in [0.1, 0.15) is 18.5 Å². The third-order valence-electron chi connectivity index (χ3n) is 4.99. The van der Waals surface area contributed by atoms with Gasteiger partial charge in [0, 0.05) is 17.1 Å². The molecule has 0 aliphatic rings. The Morgan fingerprint density at radius 1 is 1.00 bits per heavy atom. The molecule has 3 aromatic heterocycles. The van der Waals surface area contributed by atoms with Gasteiger partial charge in [-0.1, -0.05) is 42.5 Å². The summed E-state index contributed by atoms with van der Waals surface area (Å²) in [6.07, 6.45) is 3.46. The molecule has 1 N–H and O–H groups in total. The largest absolute Gasteiger partial charge is 0.329 e. The van der Waals surface area contributed by atoms with E-state index >= 15 is 0 Å². The Morgan fingerprint density at radius 2 is 1.86 bits per heavy atom. The van der Waals surface area contributed by atoms with Crippen molar-refractivity contribution in [3.63, 3.8) is 0 Å². The average Bonchev–Trinajstić information content (AvgIpc) is 3.08. The van der Waals surface area contributed by atoms with Crippen LogP contribution in [0.15, 0.2) is 77.9 Å². The molecule has 0 aliphatic heterocycles. The van der Waals surface area contributed by atoms with Gasteiger partial charge in [0.1, 0.15) is 0 Å². The molecular formula is C22H17N5O. The van der Waals surface area contributed by atoms with Gasteiger partial charge in [-0.2, -0.15) is 0 Å². The monoisotopic (exact) mass is 367 g/mol. The van der Waals surface area contributed by atoms with Crippen LogP contribution >= 0.6 is 0 Å². The van der Waals surface area contributed by atoms with Crippen molar-refractivity contribution in [3.05, 3.63) is 89.1 Å². The van der Waals surface area contributed by atoms with Crippen LogP contribution < -0.4 is 5.69 Å². The van der Waals surface area contributed by atoms with Crippen molar-refractivity contribution < 1.29 is 0 Å². The molecule has 1 atom stereocenters. The van der Waals surface area contributed by atoms with Crippen molar-refractivity contribution in [1.82, 2.24) is 24.5 Å². The van der Waals surface area contributed by atoms with E-state index in [-0.39, 0.29) is 11.7 Å². The topological polar surface area (TPSA) is 76.5 Å². The van der Waals surface area contributed by atoms with Crippen LogP contribution in [0.4, 0.5) is 0 Å². The van der Waals surface area contributed by atoms with E-state index in [1.807, 2.05) is 67.6 Å². The number of benzene rings is 2. The summed E-state index contributed by atoms with van der Waals surface area (Å²) in [5, 5.41) is 1.03. The fourth-order valence-corrected chi connectivity index (χ4v) is 3.51. The fourth-order valence-electron chi connectivity index (χ4n) is 3.51. The molecule has 0 saturated carbocycles. The van der Waals surface area contributed by atoms with E-state index in [2.05, 4.69) is 15.0 Å². The first-order valence-corrected chi connectivity index (χ1v) is 9.08. The summed E-state index contributed by atoms with van der Waals surface area (Å²) in [4.78, 5) is 29.0. The van der Waals surface area contributed by atoms with Gasteiger partial charge in [-0.15, -0.1) is 0 Å². The first kappa shape index (κ1) is 16.4. The number of pyridine rings is 1. The molecule has 5 rings (SSSR count). The summed E-state index contributed by atoms with van der Waals surface area (Å²) in [6, 6.07) is 19.6. The molecule has 6 nitrogen and oxygen atoms in total. The first-order valence-electron chi connectivity index (χ1n) is 9.08. The molecule has 5 aromatic rings. The zero-order chi connectivity index (χ0) is 19.1. The molecule has 6 heteroatoms. The predicted octanol–water partition coefficient (Wildman–Crippen LogP) is 3.94. The Bertz CT molecular complexity index is 1350. The molecule has 0 fully saturated rings. The number of aromatic amines is 1. The second kappa shape index (κ2) is 6.42. The third-order valence-corrected chi connectivity index (χ3v) is 4.99. The second-order valence-electron chi connectivity index (χ2n) is 6.73. The Morgan fingerprint density at radius 3 is 2.71 bits per heavy atom. The van der Waals surface area contributed by atoms with Crippen LogP contribution in [0.25, 0.3) is 33.5 Å². The molecule has 0 bridgehead atoms. The number of rotatable bonds is 3. The molecule has 136 valence electrons. The number of nitrogens with zero attached hydrogens (tertiary/aromatic N) is 4. The van der Waals surface area contributed by atoms with E-state index in [9.17, 15) is 4.79 Å². The highest BCUT2D eigenvalue weighted by Crippen LogP contribution is 2.24. The maximum absolute atomic E-state index is 12.6. The molecule has 0 amide bonds. The minimum atomic E-state index is -0.216. The summed E-state index contributed by atoms with van der Waals surface area (Å²) >= 11 is 0. The second-order valence-corrected chi connectivity index (χ2v) is 6.73.